The van der Waals surface area contributed by atoms with Gasteiger partial charge < -0.3 is 4.74 Å². The number of rotatable bonds is 5. The fourth-order valence-corrected chi connectivity index (χ4v) is 5.65. The first-order chi connectivity index (χ1) is 14.9. The number of ketones is 1. The second kappa shape index (κ2) is 7.45. The number of carbonyl (C=O) groups excluding carboxylic acids is 1. The van der Waals surface area contributed by atoms with E-state index >= 15 is 0 Å². The summed E-state index contributed by atoms with van der Waals surface area (Å²) >= 11 is 7.14. The first-order valence-electron chi connectivity index (χ1n) is 10.8. The third-order valence-corrected chi connectivity index (χ3v) is 7.93. The molecule has 160 valence electrons. The smallest absolute Gasteiger partial charge is 0.179 e. The van der Waals surface area contributed by atoms with Crippen LogP contribution in [-0.2, 0) is 11.5 Å². The highest BCUT2D eigenvalue weighted by atomic mass is 35.5. The molecule has 2 aliphatic carbocycles. The van der Waals surface area contributed by atoms with E-state index in [0.717, 1.165) is 40.8 Å². The van der Waals surface area contributed by atoms with E-state index in [4.69, 9.17) is 16.3 Å². The summed E-state index contributed by atoms with van der Waals surface area (Å²) in [5, 5.41) is 13.9. The third-order valence-electron chi connectivity index (χ3n) is 7.34. The zero-order valence-electron chi connectivity index (χ0n) is 17.7. The van der Waals surface area contributed by atoms with Gasteiger partial charge in [0, 0.05) is 11.1 Å². The highest BCUT2D eigenvalue weighted by Gasteiger charge is 2.60. The number of carbonyl (C=O) groups is 1. The van der Waals surface area contributed by atoms with Crippen molar-refractivity contribution < 1.29 is 9.53 Å². The van der Waals surface area contributed by atoms with Crippen molar-refractivity contribution >= 4 is 17.4 Å². The van der Waals surface area contributed by atoms with Gasteiger partial charge in [0.15, 0.2) is 11.6 Å². The Bertz CT molecular complexity index is 1110. The molecule has 2 atom stereocenters. The summed E-state index contributed by atoms with van der Waals surface area (Å²) in [6.07, 6.45) is 4.50. The number of hydrogen-bond acceptors (Lipinski definition) is 5. The Labute approximate surface area is 186 Å². The number of hydrogen-bond donors (Lipinski definition) is 1. The van der Waals surface area contributed by atoms with Crippen LogP contribution in [0.2, 0.25) is 0 Å². The van der Waals surface area contributed by atoms with Crippen molar-refractivity contribution in [3.8, 4) is 17.1 Å². The molecule has 2 aliphatic rings. The average Bonchev–Trinajstić information content (AvgIpc) is 3.53. The molecule has 1 N–H and O–H groups in total. The van der Waals surface area contributed by atoms with Crippen LogP contribution in [0.3, 0.4) is 0 Å². The lowest BCUT2D eigenvalue weighted by atomic mass is 9.67. The molecule has 3 aromatic rings. The molecule has 2 unspecified atom stereocenters. The number of aromatic nitrogens is 4. The van der Waals surface area contributed by atoms with E-state index < -0.39 is 10.3 Å². The van der Waals surface area contributed by atoms with Crippen molar-refractivity contribution in [1.82, 2.24) is 20.6 Å². The quantitative estimate of drug-likeness (QED) is 0.549. The zero-order valence-corrected chi connectivity index (χ0v) is 18.4. The Morgan fingerprint density at radius 2 is 1.87 bits per heavy atom. The summed E-state index contributed by atoms with van der Waals surface area (Å²) in [5.74, 6) is 1.85. The fraction of sp³-hybridized carbons (Fsp3) is 0.417. The number of halogens is 1. The van der Waals surface area contributed by atoms with E-state index in [1.54, 1.807) is 0 Å². The maximum atomic E-state index is 13.4. The minimum Gasteiger partial charge on any atom is -0.489 e. The number of H-pyrrole nitrogens is 1. The second-order valence-electron chi connectivity index (χ2n) is 8.96. The topological polar surface area (TPSA) is 80.8 Å². The zero-order chi connectivity index (χ0) is 21.6. The molecular formula is C24H25ClN4O2. The predicted molar refractivity (Wildman–Crippen MR) is 118 cm³/mol. The lowest BCUT2D eigenvalue weighted by Crippen LogP contribution is -2.42. The lowest BCUT2D eigenvalue weighted by molar-refractivity contribution is 0.0655. The lowest BCUT2D eigenvalue weighted by Gasteiger charge is -2.40. The molecule has 0 aliphatic heterocycles. The number of nitrogens with zero attached hydrogens (tertiary/aromatic N) is 3. The van der Waals surface area contributed by atoms with Crippen LogP contribution >= 0.6 is 11.6 Å². The summed E-state index contributed by atoms with van der Waals surface area (Å²) in [4.78, 5) is 12.7. The molecular weight excluding hydrogens is 412 g/mol. The molecule has 0 radical (unpaired) electrons. The largest absolute Gasteiger partial charge is 0.489 e. The van der Waals surface area contributed by atoms with Crippen molar-refractivity contribution in [3.63, 3.8) is 0 Å². The van der Waals surface area contributed by atoms with Gasteiger partial charge in [0.1, 0.15) is 12.4 Å². The normalized spacial score (nSPS) is 25.7. The minimum atomic E-state index is -0.736. The van der Waals surface area contributed by atoms with Gasteiger partial charge in [0.05, 0.1) is 10.3 Å². The van der Waals surface area contributed by atoms with Gasteiger partial charge >= 0.3 is 0 Å². The molecule has 5 rings (SSSR count). The number of Topliss-reactive ketones (excluding diaryl/α,β-unsaturated/α-hetero) is 1. The minimum absolute atomic E-state index is 0.177. The summed E-state index contributed by atoms with van der Waals surface area (Å²) in [7, 11) is 0. The molecule has 1 saturated carbocycles. The van der Waals surface area contributed by atoms with E-state index in [1.807, 2.05) is 49.4 Å². The Hall–Kier alpha value is -2.73. The van der Waals surface area contributed by atoms with E-state index in [-0.39, 0.29) is 5.78 Å². The van der Waals surface area contributed by atoms with E-state index in [9.17, 15) is 4.79 Å². The number of tetrazole rings is 1. The SMILES string of the molecule is CC1(Cl)c2cc(OCc3ccc(-c4nnn[nH]4)cc3)ccc2C(=O)C1(C)C1CCCC1. The molecule has 0 bridgehead atoms. The monoisotopic (exact) mass is 436 g/mol. The van der Waals surface area contributed by atoms with E-state index in [1.165, 1.54) is 12.8 Å². The van der Waals surface area contributed by atoms with Crippen molar-refractivity contribution in [2.75, 3.05) is 0 Å². The van der Waals surface area contributed by atoms with Crippen LogP contribution < -0.4 is 4.74 Å². The van der Waals surface area contributed by atoms with E-state index in [2.05, 4.69) is 27.5 Å². The Kier molecular flexibility index (Phi) is 4.85. The van der Waals surface area contributed by atoms with Gasteiger partial charge in [-0.2, -0.15) is 0 Å². The molecule has 6 nitrogen and oxygen atoms in total. The number of aromatic amines is 1. The molecule has 31 heavy (non-hydrogen) atoms. The predicted octanol–water partition coefficient (Wildman–Crippen LogP) is 5.29. The number of ether oxygens (including phenoxy) is 1. The maximum Gasteiger partial charge on any atom is 0.179 e. The number of nitrogens with one attached hydrogen (secondary N) is 1. The molecule has 1 heterocycles. The van der Waals surface area contributed by atoms with Gasteiger partial charge in [-0.3, -0.25) is 4.79 Å². The van der Waals surface area contributed by atoms with Crippen LogP contribution in [0.4, 0.5) is 0 Å². The highest BCUT2D eigenvalue weighted by molar-refractivity contribution is 6.30. The molecule has 2 aromatic carbocycles. The molecule has 7 heteroatoms. The van der Waals surface area contributed by atoms with Gasteiger partial charge in [-0.1, -0.05) is 37.1 Å². The number of benzene rings is 2. The number of alkyl halides is 1. The van der Waals surface area contributed by atoms with Crippen molar-refractivity contribution in [1.29, 1.82) is 0 Å². The third kappa shape index (κ3) is 3.16. The average molecular weight is 437 g/mol. The summed E-state index contributed by atoms with van der Waals surface area (Å²) in [5.41, 5.74) is 2.99. The Morgan fingerprint density at radius 3 is 2.55 bits per heavy atom. The van der Waals surface area contributed by atoms with Crippen molar-refractivity contribution in [2.45, 2.75) is 51.0 Å². The first-order valence-corrected chi connectivity index (χ1v) is 11.1. The highest BCUT2D eigenvalue weighted by Crippen LogP contribution is 2.61. The Morgan fingerprint density at radius 1 is 1.13 bits per heavy atom. The van der Waals surface area contributed by atoms with E-state index in [0.29, 0.717) is 18.3 Å². The molecule has 1 fully saturated rings. The van der Waals surface area contributed by atoms with Crippen LogP contribution in [-0.4, -0.2) is 26.4 Å². The van der Waals surface area contributed by atoms with Crippen LogP contribution in [0.5, 0.6) is 5.75 Å². The second-order valence-corrected chi connectivity index (χ2v) is 9.71. The fourth-order valence-electron chi connectivity index (χ4n) is 5.25. The number of fused-ring (bicyclic) bond motifs is 1. The van der Waals surface area contributed by atoms with Gasteiger partial charge in [0.2, 0.25) is 0 Å². The summed E-state index contributed by atoms with van der Waals surface area (Å²) in [6.45, 7) is 4.47. The standard InChI is InChI=1S/C24H25ClN4O2/c1-23(17-5-3-4-6-17)21(30)19-12-11-18(13-20(19)24(23,2)25)31-14-15-7-9-16(10-8-15)22-26-28-29-27-22/h7-13,17H,3-6,14H2,1-2H3,(H,26,27,28,29). The Balaban J connectivity index is 1.35. The molecule has 0 amide bonds. The molecule has 0 spiro atoms. The van der Waals surface area contributed by atoms with Gasteiger partial charge in [0.25, 0.3) is 0 Å². The van der Waals surface area contributed by atoms with Crippen molar-refractivity contribution in [3.05, 3.63) is 59.2 Å². The first kappa shape index (κ1) is 20.2. The van der Waals surface area contributed by atoms with Gasteiger partial charge in [-0.15, -0.1) is 16.7 Å². The van der Waals surface area contributed by atoms with Crippen molar-refractivity contribution in [2.24, 2.45) is 11.3 Å². The van der Waals surface area contributed by atoms with Crippen LogP contribution in [0.15, 0.2) is 42.5 Å². The van der Waals surface area contributed by atoms with Gasteiger partial charge in [-0.05, 0) is 72.4 Å². The summed E-state index contributed by atoms with van der Waals surface area (Å²) < 4.78 is 6.05. The van der Waals surface area contributed by atoms with Crippen LogP contribution in [0.1, 0.15) is 61.0 Å². The molecule has 1 aromatic heterocycles. The van der Waals surface area contributed by atoms with Gasteiger partial charge in [-0.25, -0.2) is 5.10 Å². The van der Waals surface area contributed by atoms with Crippen LogP contribution in [0, 0.1) is 11.3 Å². The van der Waals surface area contributed by atoms with Crippen LogP contribution in [0.25, 0.3) is 11.4 Å². The molecule has 0 saturated heterocycles. The summed E-state index contributed by atoms with van der Waals surface area (Å²) in [6, 6.07) is 13.6. The maximum absolute atomic E-state index is 13.4.